The van der Waals surface area contributed by atoms with Crippen LogP contribution in [0.1, 0.15) is 6.42 Å². The second kappa shape index (κ2) is 8.52. The summed E-state index contributed by atoms with van der Waals surface area (Å²) in [5.74, 6) is -0.0732. The molecule has 25 heavy (non-hydrogen) atoms. The molecule has 2 rings (SSSR count). The number of fused-ring (bicyclic) bond motifs is 1. The Bertz CT molecular complexity index is 772. The minimum absolute atomic E-state index is 0.107. The fourth-order valence-corrected chi connectivity index (χ4v) is 1.92. The summed E-state index contributed by atoms with van der Waals surface area (Å²) in [6.45, 7) is -1.51. The first-order valence-corrected chi connectivity index (χ1v) is 7.41. The van der Waals surface area contributed by atoms with E-state index in [-0.39, 0.29) is 26.2 Å². The number of rotatable bonds is 8. The van der Waals surface area contributed by atoms with Crippen LogP contribution in [0.5, 0.6) is 5.75 Å². The molecule has 0 unspecified atom stereocenters. The lowest BCUT2D eigenvalue weighted by atomic mass is 10.2. The minimum Gasteiger partial charge on any atom is -0.484 e. The van der Waals surface area contributed by atoms with Gasteiger partial charge in [0.1, 0.15) is 17.9 Å². The third kappa shape index (κ3) is 6.84. The first-order valence-electron chi connectivity index (χ1n) is 7.41. The van der Waals surface area contributed by atoms with Crippen molar-refractivity contribution < 1.29 is 31.9 Å². The van der Waals surface area contributed by atoms with E-state index in [0.717, 1.165) is 5.39 Å². The highest BCUT2D eigenvalue weighted by Gasteiger charge is 2.27. The Morgan fingerprint density at radius 1 is 1.20 bits per heavy atom. The van der Waals surface area contributed by atoms with Crippen LogP contribution in [0, 0.1) is 0 Å². The number of ether oxygens (including phenoxy) is 2. The van der Waals surface area contributed by atoms with Gasteiger partial charge in [0.2, 0.25) is 0 Å². The number of benzene rings is 1. The standard InChI is InChI=1S/C16H16F3NO5/c17-16(18,19)10-23-7-1-6-20-14(21)9-24-12-4-2-11-3-5-15(22)25-13(11)8-12/h2-5,8H,1,6-7,9-10H2,(H,20,21). The average Bonchev–Trinajstić information content (AvgIpc) is 2.54. The topological polar surface area (TPSA) is 77.8 Å². The first-order chi connectivity index (χ1) is 11.8. The summed E-state index contributed by atoms with van der Waals surface area (Å²) in [4.78, 5) is 22.8. The molecule has 0 saturated carbocycles. The van der Waals surface area contributed by atoms with E-state index in [1.54, 1.807) is 18.2 Å². The highest BCUT2D eigenvalue weighted by molar-refractivity contribution is 5.79. The number of carbonyl (C=O) groups is 1. The molecule has 6 nitrogen and oxygen atoms in total. The van der Waals surface area contributed by atoms with E-state index in [0.29, 0.717) is 11.3 Å². The number of alkyl halides is 3. The lowest BCUT2D eigenvalue weighted by Gasteiger charge is -2.09. The molecule has 0 fully saturated rings. The van der Waals surface area contributed by atoms with Crippen molar-refractivity contribution in [2.75, 3.05) is 26.4 Å². The fourth-order valence-electron chi connectivity index (χ4n) is 1.92. The molecule has 1 amide bonds. The molecule has 0 radical (unpaired) electrons. The lowest BCUT2D eigenvalue weighted by Crippen LogP contribution is -2.30. The molecule has 9 heteroatoms. The Morgan fingerprint density at radius 2 is 1.96 bits per heavy atom. The maximum atomic E-state index is 11.8. The zero-order chi connectivity index (χ0) is 18.3. The largest absolute Gasteiger partial charge is 0.484 e. The van der Waals surface area contributed by atoms with Gasteiger partial charge in [-0.15, -0.1) is 0 Å². The van der Waals surface area contributed by atoms with E-state index in [4.69, 9.17) is 9.15 Å². The maximum Gasteiger partial charge on any atom is 0.411 e. The zero-order valence-electron chi connectivity index (χ0n) is 13.1. The number of hydrogen-bond acceptors (Lipinski definition) is 5. The number of nitrogens with one attached hydrogen (secondary N) is 1. The summed E-state index contributed by atoms with van der Waals surface area (Å²) in [5.41, 5.74) is -0.151. The Kier molecular flexibility index (Phi) is 6.40. The van der Waals surface area contributed by atoms with Gasteiger partial charge in [-0.3, -0.25) is 4.79 Å². The van der Waals surface area contributed by atoms with Gasteiger partial charge in [-0.25, -0.2) is 4.79 Å². The van der Waals surface area contributed by atoms with Gasteiger partial charge in [-0.2, -0.15) is 13.2 Å². The molecule has 1 aromatic heterocycles. The molecule has 2 aromatic rings. The second-order valence-corrected chi connectivity index (χ2v) is 5.11. The predicted octanol–water partition coefficient (Wildman–Crippen LogP) is 2.26. The summed E-state index contributed by atoms with van der Waals surface area (Å²) in [6.07, 6.45) is -4.10. The van der Waals surface area contributed by atoms with Gasteiger partial charge in [0, 0.05) is 30.7 Å². The van der Waals surface area contributed by atoms with Crippen molar-refractivity contribution >= 4 is 16.9 Å². The summed E-state index contributed by atoms with van der Waals surface area (Å²) in [6, 6.07) is 7.71. The van der Waals surface area contributed by atoms with Crippen molar-refractivity contribution in [3.8, 4) is 5.75 Å². The Morgan fingerprint density at radius 3 is 2.72 bits per heavy atom. The molecule has 0 atom stereocenters. The minimum atomic E-state index is -4.35. The van der Waals surface area contributed by atoms with E-state index in [9.17, 15) is 22.8 Å². The predicted molar refractivity (Wildman–Crippen MR) is 82.5 cm³/mol. The zero-order valence-corrected chi connectivity index (χ0v) is 13.1. The summed E-state index contributed by atoms with van der Waals surface area (Å²) < 4.78 is 50.2. The van der Waals surface area contributed by atoms with Gasteiger partial charge in [-0.05, 0) is 24.6 Å². The van der Waals surface area contributed by atoms with Crippen molar-refractivity contribution in [2.24, 2.45) is 0 Å². The lowest BCUT2D eigenvalue weighted by molar-refractivity contribution is -0.174. The summed E-state index contributed by atoms with van der Waals surface area (Å²) in [5, 5.41) is 3.22. The Labute approximate surface area is 140 Å². The van der Waals surface area contributed by atoms with Gasteiger partial charge in [0.15, 0.2) is 6.61 Å². The molecule has 0 aliphatic heterocycles. The molecular formula is C16H16F3NO5. The van der Waals surface area contributed by atoms with Crippen LogP contribution in [0.15, 0.2) is 39.5 Å². The van der Waals surface area contributed by atoms with Gasteiger partial charge in [0.05, 0.1) is 0 Å². The third-order valence-corrected chi connectivity index (χ3v) is 3.02. The van der Waals surface area contributed by atoms with Crippen LogP contribution in [0.4, 0.5) is 13.2 Å². The SMILES string of the molecule is O=C(COc1ccc2ccc(=O)oc2c1)NCCCOCC(F)(F)F. The molecule has 0 spiro atoms. The van der Waals surface area contributed by atoms with Crippen LogP contribution in [0.25, 0.3) is 11.0 Å². The Hall–Kier alpha value is -2.55. The maximum absolute atomic E-state index is 11.8. The van der Waals surface area contributed by atoms with Crippen LogP contribution in [0.2, 0.25) is 0 Å². The van der Waals surface area contributed by atoms with Crippen molar-refractivity contribution in [3.05, 3.63) is 40.8 Å². The van der Waals surface area contributed by atoms with E-state index in [1.165, 1.54) is 12.1 Å². The molecule has 1 heterocycles. The molecule has 1 N–H and O–H groups in total. The third-order valence-electron chi connectivity index (χ3n) is 3.02. The molecule has 0 aliphatic rings. The molecule has 0 saturated heterocycles. The molecule has 0 aliphatic carbocycles. The average molecular weight is 359 g/mol. The first kappa shape index (κ1) is 18.8. The molecule has 136 valence electrons. The second-order valence-electron chi connectivity index (χ2n) is 5.11. The van der Waals surface area contributed by atoms with Crippen LogP contribution in [0.3, 0.4) is 0 Å². The van der Waals surface area contributed by atoms with Crippen LogP contribution in [-0.4, -0.2) is 38.4 Å². The van der Waals surface area contributed by atoms with E-state index >= 15 is 0 Å². The quantitative estimate of drug-likeness (QED) is 0.578. The van der Waals surface area contributed by atoms with Crippen molar-refractivity contribution in [1.29, 1.82) is 0 Å². The van der Waals surface area contributed by atoms with Gasteiger partial charge in [0.25, 0.3) is 5.91 Å². The molecular weight excluding hydrogens is 343 g/mol. The molecule has 1 aromatic carbocycles. The summed E-state index contributed by atoms with van der Waals surface area (Å²) in [7, 11) is 0. The van der Waals surface area contributed by atoms with E-state index in [2.05, 4.69) is 10.1 Å². The highest BCUT2D eigenvalue weighted by atomic mass is 19.4. The molecule has 0 bridgehead atoms. The number of hydrogen-bond donors (Lipinski definition) is 1. The number of halogens is 3. The number of carbonyl (C=O) groups excluding carboxylic acids is 1. The Balaban J connectivity index is 1.69. The van der Waals surface area contributed by atoms with Crippen LogP contribution < -0.4 is 15.7 Å². The highest BCUT2D eigenvalue weighted by Crippen LogP contribution is 2.19. The monoisotopic (exact) mass is 359 g/mol. The van der Waals surface area contributed by atoms with Gasteiger partial charge < -0.3 is 19.2 Å². The van der Waals surface area contributed by atoms with Gasteiger partial charge in [-0.1, -0.05) is 0 Å². The van der Waals surface area contributed by atoms with E-state index < -0.39 is 24.3 Å². The summed E-state index contributed by atoms with van der Waals surface area (Å²) >= 11 is 0. The number of amides is 1. The van der Waals surface area contributed by atoms with Crippen LogP contribution >= 0.6 is 0 Å². The van der Waals surface area contributed by atoms with Crippen molar-refractivity contribution in [2.45, 2.75) is 12.6 Å². The fraction of sp³-hybridized carbons (Fsp3) is 0.375. The normalized spacial score (nSPS) is 11.5. The van der Waals surface area contributed by atoms with Crippen molar-refractivity contribution in [3.63, 3.8) is 0 Å². The smallest absolute Gasteiger partial charge is 0.411 e. The van der Waals surface area contributed by atoms with Gasteiger partial charge >= 0.3 is 11.8 Å². The van der Waals surface area contributed by atoms with E-state index in [1.807, 2.05) is 0 Å². The van der Waals surface area contributed by atoms with Crippen LogP contribution in [-0.2, 0) is 9.53 Å². The van der Waals surface area contributed by atoms with Crippen molar-refractivity contribution in [1.82, 2.24) is 5.32 Å².